The molecule has 1 unspecified atom stereocenters. The van der Waals surface area contributed by atoms with E-state index in [0.29, 0.717) is 12.3 Å². The maximum Gasteiger partial charge on any atom is 0.348 e. The summed E-state index contributed by atoms with van der Waals surface area (Å²) in [6, 6.07) is -0.515. The average Bonchev–Trinajstić information content (AvgIpc) is 2.12. The average molecular weight is 185 g/mol. The predicted molar refractivity (Wildman–Crippen MR) is 49.0 cm³/mol. The smallest absolute Gasteiger partial charge is 0.341 e. The van der Waals surface area contributed by atoms with Crippen LogP contribution in [0, 0.1) is 0 Å². The number of hydrogen-bond donors (Lipinski definition) is 2. The van der Waals surface area contributed by atoms with E-state index in [2.05, 4.69) is 10.5 Å². The van der Waals surface area contributed by atoms with Gasteiger partial charge in [-0.25, -0.2) is 10.3 Å². The third-order valence-corrected chi connectivity index (χ3v) is 1.87. The SMILES string of the molecule is CC1=NCCCCC(N)C(=O)ON1. The van der Waals surface area contributed by atoms with Crippen molar-refractivity contribution < 1.29 is 9.63 Å². The number of aliphatic imine (C=N–C) groups is 1. The van der Waals surface area contributed by atoms with Crippen molar-refractivity contribution in [2.24, 2.45) is 10.7 Å². The Hall–Kier alpha value is -1.10. The van der Waals surface area contributed by atoms with Gasteiger partial charge in [0.05, 0.1) is 0 Å². The molecule has 0 aromatic heterocycles. The molecule has 1 aliphatic rings. The summed E-state index contributed by atoms with van der Waals surface area (Å²) in [5.74, 6) is 0.193. The van der Waals surface area contributed by atoms with E-state index in [1.165, 1.54) is 0 Å². The summed E-state index contributed by atoms with van der Waals surface area (Å²) in [5.41, 5.74) is 8.01. The van der Waals surface area contributed by atoms with Gasteiger partial charge in [-0.2, -0.15) is 0 Å². The van der Waals surface area contributed by atoms with Gasteiger partial charge in [-0.3, -0.25) is 4.99 Å². The molecule has 0 aromatic carbocycles. The number of hydrogen-bond acceptors (Lipinski definition) is 5. The molecule has 3 N–H and O–H groups in total. The Morgan fingerprint density at radius 2 is 2.38 bits per heavy atom. The van der Waals surface area contributed by atoms with Gasteiger partial charge in [0.2, 0.25) is 0 Å². The van der Waals surface area contributed by atoms with Gasteiger partial charge in [0, 0.05) is 6.54 Å². The van der Waals surface area contributed by atoms with E-state index in [1.54, 1.807) is 6.92 Å². The second-order valence-corrected chi connectivity index (χ2v) is 3.09. The van der Waals surface area contributed by atoms with Gasteiger partial charge in [-0.1, -0.05) is 0 Å². The van der Waals surface area contributed by atoms with E-state index in [9.17, 15) is 4.79 Å². The molecule has 0 aromatic rings. The summed E-state index contributed by atoms with van der Waals surface area (Å²) >= 11 is 0. The molecule has 1 aliphatic heterocycles. The number of rotatable bonds is 0. The van der Waals surface area contributed by atoms with Gasteiger partial charge >= 0.3 is 5.97 Å². The van der Waals surface area contributed by atoms with Gasteiger partial charge in [0.15, 0.2) is 0 Å². The van der Waals surface area contributed by atoms with Crippen molar-refractivity contribution in [1.82, 2.24) is 5.48 Å². The number of carbonyl (C=O) groups is 1. The molecule has 0 aliphatic carbocycles. The standard InChI is InChI=1S/C8H15N3O2/c1-6-10-5-3-2-4-7(9)8(12)13-11-6/h7H,2-5,9H2,1H3,(H,10,11). The lowest BCUT2D eigenvalue weighted by Gasteiger charge is -2.13. The van der Waals surface area contributed by atoms with Crippen LogP contribution in [0.1, 0.15) is 26.2 Å². The molecule has 5 nitrogen and oxygen atoms in total. The zero-order valence-corrected chi connectivity index (χ0v) is 7.75. The highest BCUT2D eigenvalue weighted by atomic mass is 16.7. The van der Waals surface area contributed by atoms with Crippen LogP contribution in [0.25, 0.3) is 0 Å². The number of nitrogens with one attached hydrogen (secondary N) is 1. The molecule has 74 valence electrons. The minimum absolute atomic E-state index is 0.420. The van der Waals surface area contributed by atoms with E-state index >= 15 is 0 Å². The Labute approximate surface area is 77.3 Å². The van der Waals surface area contributed by atoms with E-state index in [-0.39, 0.29) is 0 Å². The van der Waals surface area contributed by atoms with Crippen LogP contribution in [-0.2, 0) is 9.63 Å². The van der Waals surface area contributed by atoms with Crippen LogP contribution in [0.3, 0.4) is 0 Å². The van der Waals surface area contributed by atoms with Crippen LogP contribution in [0.2, 0.25) is 0 Å². The number of hydroxylamine groups is 1. The number of carbonyl (C=O) groups excluding carboxylic acids is 1. The maximum atomic E-state index is 11.1. The van der Waals surface area contributed by atoms with E-state index in [4.69, 9.17) is 10.6 Å². The Morgan fingerprint density at radius 1 is 1.62 bits per heavy atom. The quantitative estimate of drug-likeness (QED) is 0.555. The van der Waals surface area contributed by atoms with Crippen LogP contribution in [-0.4, -0.2) is 24.4 Å². The normalized spacial score (nSPS) is 25.5. The van der Waals surface area contributed by atoms with Crippen molar-refractivity contribution in [3.63, 3.8) is 0 Å². The van der Waals surface area contributed by atoms with Crippen LogP contribution in [0.4, 0.5) is 0 Å². The summed E-state index contributed by atoms with van der Waals surface area (Å²) in [6.07, 6.45) is 2.53. The molecule has 1 heterocycles. The molecule has 1 atom stereocenters. The number of nitrogens with two attached hydrogens (primary N) is 1. The van der Waals surface area contributed by atoms with Crippen LogP contribution < -0.4 is 11.2 Å². The third-order valence-electron chi connectivity index (χ3n) is 1.87. The van der Waals surface area contributed by atoms with Crippen molar-refractivity contribution in [1.29, 1.82) is 0 Å². The molecule has 0 bridgehead atoms. The first-order valence-corrected chi connectivity index (χ1v) is 4.43. The number of amidine groups is 1. The lowest BCUT2D eigenvalue weighted by Crippen LogP contribution is -2.37. The lowest BCUT2D eigenvalue weighted by molar-refractivity contribution is -0.149. The van der Waals surface area contributed by atoms with E-state index < -0.39 is 12.0 Å². The molecule has 0 radical (unpaired) electrons. The summed E-state index contributed by atoms with van der Waals surface area (Å²) in [5, 5.41) is 0. The lowest BCUT2D eigenvalue weighted by atomic mass is 10.1. The summed E-state index contributed by atoms with van der Waals surface area (Å²) in [7, 11) is 0. The van der Waals surface area contributed by atoms with E-state index in [0.717, 1.165) is 19.4 Å². The van der Waals surface area contributed by atoms with Gasteiger partial charge in [-0.15, -0.1) is 0 Å². The molecule has 0 amide bonds. The zero-order valence-electron chi connectivity index (χ0n) is 7.75. The Morgan fingerprint density at radius 3 is 3.15 bits per heavy atom. The van der Waals surface area contributed by atoms with Gasteiger partial charge in [0.1, 0.15) is 11.9 Å². The topological polar surface area (TPSA) is 76.7 Å². The largest absolute Gasteiger partial charge is 0.348 e. The van der Waals surface area contributed by atoms with E-state index in [1.807, 2.05) is 0 Å². The van der Waals surface area contributed by atoms with Gasteiger partial charge in [-0.05, 0) is 26.2 Å². The van der Waals surface area contributed by atoms with Crippen LogP contribution in [0.15, 0.2) is 4.99 Å². The van der Waals surface area contributed by atoms with Gasteiger partial charge in [0.25, 0.3) is 0 Å². The molecule has 13 heavy (non-hydrogen) atoms. The molecular weight excluding hydrogens is 170 g/mol. The fourth-order valence-corrected chi connectivity index (χ4v) is 1.07. The summed E-state index contributed by atoms with van der Waals surface area (Å²) in [4.78, 5) is 19.9. The monoisotopic (exact) mass is 185 g/mol. The van der Waals surface area contributed by atoms with Crippen molar-refractivity contribution in [2.45, 2.75) is 32.2 Å². The first-order chi connectivity index (χ1) is 6.20. The Balaban J connectivity index is 2.52. The Bertz CT molecular complexity index is 215. The number of nitrogens with zero attached hydrogens (tertiary/aromatic N) is 1. The molecule has 5 heteroatoms. The van der Waals surface area contributed by atoms with Gasteiger partial charge < -0.3 is 10.6 Å². The first-order valence-electron chi connectivity index (χ1n) is 4.43. The molecular formula is C8H15N3O2. The molecule has 0 spiro atoms. The highest BCUT2D eigenvalue weighted by Crippen LogP contribution is 2.02. The van der Waals surface area contributed by atoms with Crippen LogP contribution >= 0.6 is 0 Å². The maximum absolute atomic E-state index is 11.1. The second-order valence-electron chi connectivity index (χ2n) is 3.09. The van der Waals surface area contributed by atoms with Crippen molar-refractivity contribution >= 4 is 11.8 Å². The fraction of sp³-hybridized carbons (Fsp3) is 0.750. The summed E-state index contributed by atoms with van der Waals surface area (Å²) < 4.78 is 0. The minimum Gasteiger partial charge on any atom is -0.341 e. The predicted octanol–water partition coefficient (Wildman–Crippen LogP) is -0.0362. The molecule has 0 saturated carbocycles. The van der Waals surface area contributed by atoms with Crippen molar-refractivity contribution in [3.05, 3.63) is 0 Å². The highest BCUT2D eigenvalue weighted by Gasteiger charge is 2.15. The zero-order chi connectivity index (χ0) is 9.68. The second kappa shape index (κ2) is 4.81. The Kier molecular flexibility index (Phi) is 3.70. The minimum atomic E-state index is -0.515. The summed E-state index contributed by atoms with van der Waals surface area (Å²) in [6.45, 7) is 2.50. The highest BCUT2D eigenvalue weighted by molar-refractivity contribution is 5.82. The first kappa shape index (κ1) is 9.98. The third kappa shape index (κ3) is 3.42. The fourth-order valence-electron chi connectivity index (χ4n) is 1.07. The molecule has 0 saturated heterocycles. The van der Waals surface area contributed by atoms with Crippen molar-refractivity contribution in [3.8, 4) is 0 Å². The van der Waals surface area contributed by atoms with Crippen LogP contribution in [0.5, 0.6) is 0 Å². The molecule has 0 fully saturated rings. The van der Waals surface area contributed by atoms with Crippen molar-refractivity contribution in [2.75, 3.05) is 6.54 Å². The molecule has 1 rings (SSSR count).